The third-order valence-electron chi connectivity index (χ3n) is 5.69. The molecule has 0 fully saturated rings. The van der Waals surface area contributed by atoms with Gasteiger partial charge in [-0.1, -0.05) is 74.7 Å². The van der Waals surface area contributed by atoms with E-state index in [2.05, 4.69) is 48.3 Å². The number of hydrogen-bond donors (Lipinski definition) is 1. The summed E-state index contributed by atoms with van der Waals surface area (Å²) >= 11 is 6.07. The van der Waals surface area contributed by atoms with Gasteiger partial charge in [-0.25, -0.2) is 0 Å². The first kappa shape index (κ1) is 19.7. The van der Waals surface area contributed by atoms with Gasteiger partial charge in [0.05, 0.1) is 11.7 Å². The Balaban J connectivity index is 1.79. The number of H-pyrrole nitrogens is 1. The van der Waals surface area contributed by atoms with Crippen LogP contribution in [0.25, 0.3) is 11.3 Å². The van der Waals surface area contributed by atoms with E-state index >= 15 is 0 Å². The van der Waals surface area contributed by atoms with E-state index in [1.807, 2.05) is 29.2 Å². The molecule has 29 heavy (non-hydrogen) atoms. The second-order valence-electron chi connectivity index (χ2n) is 7.57. The Hall–Kier alpha value is -2.59. The maximum absolute atomic E-state index is 13.2. The third kappa shape index (κ3) is 3.69. The standard InChI is InChI=1S/C24H26ClN3O/c1-3-5-6-15-28-23(18-9-7-16(4-2)8-10-18)20-21(26-27-22(20)24(28)29)17-11-13-19(25)14-12-17/h7-14,23H,3-6,15H2,1-2H3,(H,26,27). The average molecular weight is 408 g/mol. The Kier molecular flexibility index (Phi) is 5.72. The smallest absolute Gasteiger partial charge is 0.273 e. The first-order valence-corrected chi connectivity index (χ1v) is 10.8. The fourth-order valence-corrected chi connectivity index (χ4v) is 4.20. The number of hydrogen-bond acceptors (Lipinski definition) is 2. The van der Waals surface area contributed by atoms with Gasteiger partial charge in [0.25, 0.3) is 5.91 Å². The minimum atomic E-state index is -0.121. The summed E-state index contributed by atoms with van der Waals surface area (Å²) in [5.74, 6) is 0.0355. The number of nitrogens with one attached hydrogen (secondary N) is 1. The maximum atomic E-state index is 13.2. The molecule has 5 heteroatoms. The molecule has 0 radical (unpaired) electrons. The number of fused-ring (bicyclic) bond motifs is 1. The predicted molar refractivity (Wildman–Crippen MR) is 117 cm³/mol. The Morgan fingerprint density at radius 1 is 1.03 bits per heavy atom. The number of halogens is 1. The van der Waals surface area contributed by atoms with Gasteiger partial charge in [-0.05, 0) is 36.1 Å². The van der Waals surface area contributed by atoms with Gasteiger partial charge in [-0.15, -0.1) is 0 Å². The van der Waals surface area contributed by atoms with Crippen LogP contribution in [0.4, 0.5) is 0 Å². The molecule has 0 aliphatic carbocycles. The molecule has 4 nitrogen and oxygen atoms in total. The largest absolute Gasteiger partial charge is 0.326 e. The van der Waals surface area contributed by atoms with Gasteiger partial charge in [0, 0.05) is 22.7 Å². The van der Waals surface area contributed by atoms with Gasteiger partial charge < -0.3 is 4.90 Å². The Morgan fingerprint density at radius 2 is 1.76 bits per heavy atom. The highest BCUT2D eigenvalue weighted by atomic mass is 35.5. The quantitative estimate of drug-likeness (QED) is 0.486. The summed E-state index contributed by atoms with van der Waals surface area (Å²) in [6, 6.07) is 16.1. The molecule has 2 heterocycles. The van der Waals surface area contributed by atoms with Crippen molar-refractivity contribution in [3.63, 3.8) is 0 Å². The van der Waals surface area contributed by atoms with Crippen LogP contribution in [0.5, 0.6) is 0 Å². The molecule has 1 N–H and O–H groups in total. The van der Waals surface area contributed by atoms with E-state index in [0.29, 0.717) is 10.7 Å². The van der Waals surface area contributed by atoms with Crippen molar-refractivity contribution in [2.75, 3.05) is 6.54 Å². The topological polar surface area (TPSA) is 49.0 Å². The van der Waals surface area contributed by atoms with E-state index in [-0.39, 0.29) is 11.9 Å². The molecule has 0 bridgehead atoms. The SMILES string of the molecule is CCCCCN1C(=O)c2[nH]nc(-c3ccc(Cl)cc3)c2C1c1ccc(CC)cc1. The molecular formula is C24H26ClN3O. The number of rotatable bonds is 7. The van der Waals surface area contributed by atoms with Gasteiger partial charge in [-0.2, -0.15) is 5.10 Å². The molecule has 0 saturated carbocycles. The molecule has 4 rings (SSSR count). The first-order valence-electron chi connectivity index (χ1n) is 10.4. The number of amides is 1. The van der Waals surface area contributed by atoms with E-state index in [9.17, 15) is 4.79 Å². The molecule has 1 amide bonds. The second-order valence-corrected chi connectivity index (χ2v) is 8.01. The molecule has 3 aromatic rings. The number of aromatic amines is 1. The van der Waals surface area contributed by atoms with Crippen molar-refractivity contribution in [2.45, 2.75) is 45.6 Å². The molecule has 1 atom stereocenters. The monoisotopic (exact) mass is 407 g/mol. The molecule has 1 unspecified atom stereocenters. The number of benzene rings is 2. The minimum absolute atomic E-state index is 0.0355. The lowest BCUT2D eigenvalue weighted by Crippen LogP contribution is -2.30. The molecular weight excluding hydrogens is 382 g/mol. The van der Waals surface area contributed by atoms with Crippen molar-refractivity contribution in [1.29, 1.82) is 0 Å². The molecule has 1 aromatic heterocycles. The molecule has 2 aromatic carbocycles. The summed E-state index contributed by atoms with van der Waals surface area (Å²) < 4.78 is 0. The molecule has 0 spiro atoms. The van der Waals surface area contributed by atoms with Crippen molar-refractivity contribution < 1.29 is 4.79 Å². The second kappa shape index (κ2) is 8.42. The molecule has 1 aliphatic heterocycles. The third-order valence-corrected chi connectivity index (χ3v) is 5.94. The summed E-state index contributed by atoms with van der Waals surface area (Å²) in [7, 11) is 0. The van der Waals surface area contributed by atoms with Gasteiger partial charge in [0.15, 0.2) is 0 Å². The Morgan fingerprint density at radius 3 is 2.41 bits per heavy atom. The predicted octanol–water partition coefficient (Wildman–Crippen LogP) is 6.03. The number of carbonyl (C=O) groups is 1. The lowest BCUT2D eigenvalue weighted by Gasteiger charge is -2.26. The highest BCUT2D eigenvalue weighted by molar-refractivity contribution is 6.30. The van der Waals surface area contributed by atoms with Crippen LogP contribution in [0.1, 0.15) is 66.3 Å². The van der Waals surface area contributed by atoms with Gasteiger partial charge in [0.1, 0.15) is 5.69 Å². The van der Waals surface area contributed by atoms with Crippen molar-refractivity contribution >= 4 is 17.5 Å². The summed E-state index contributed by atoms with van der Waals surface area (Å²) in [4.78, 5) is 15.2. The fraction of sp³-hybridized carbons (Fsp3) is 0.333. The number of aromatic nitrogens is 2. The van der Waals surface area contributed by atoms with Crippen LogP contribution in [-0.4, -0.2) is 27.5 Å². The number of carbonyl (C=O) groups excluding carboxylic acids is 1. The van der Waals surface area contributed by atoms with Gasteiger partial charge in [-0.3, -0.25) is 9.89 Å². The van der Waals surface area contributed by atoms with E-state index in [0.717, 1.165) is 54.6 Å². The first-order chi connectivity index (χ1) is 14.1. The highest BCUT2D eigenvalue weighted by Crippen LogP contribution is 2.43. The summed E-state index contributed by atoms with van der Waals surface area (Å²) in [6.45, 7) is 5.07. The van der Waals surface area contributed by atoms with Gasteiger partial charge >= 0.3 is 0 Å². The van der Waals surface area contributed by atoms with E-state index in [4.69, 9.17) is 11.6 Å². The Bertz CT molecular complexity index is 992. The van der Waals surface area contributed by atoms with Crippen LogP contribution in [0.2, 0.25) is 5.02 Å². The molecule has 1 aliphatic rings. The Labute approximate surface area is 176 Å². The van der Waals surface area contributed by atoms with Crippen molar-refractivity contribution in [3.05, 3.63) is 75.9 Å². The van der Waals surface area contributed by atoms with Crippen LogP contribution >= 0.6 is 11.6 Å². The average Bonchev–Trinajstić information content (AvgIpc) is 3.28. The number of unbranched alkanes of at least 4 members (excludes halogenated alkanes) is 2. The van der Waals surface area contributed by atoms with E-state index in [1.54, 1.807) is 0 Å². The van der Waals surface area contributed by atoms with Crippen LogP contribution in [-0.2, 0) is 6.42 Å². The minimum Gasteiger partial charge on any atom is -0.326 e. The van der Waals surface area contributed by atoms with Crippen LogP contribution in [0, 0.1) is 0 Å². The van der Waals surface area contributed by atoms with Crippen LogP contribution in [0.3, 0.4) is 0 Å². The summed E-state index contributed by atoms with van der Waals surface area (Å²) in [5, 5.41) is 8.22. The summed E-state index contributed by atoms with van der Waals surface area (Å²) in [5.41, 5.74) is 5.79. The number of nitrogens with zero attached hydrogens (tertiary/aromatic N) is 2. The highest BCUT2D eigenvalue weighted by Gasteiger charge is 2.41. The van der Waals surface area contributed by atoms with Crippen molar-refractivity contribution in [1.82, 2.24) is 15.1 Å². The molecule has 0 saturated heterocycles. The fourth-order valence-electron chi connectivity index (χ4n) is 4.07. The molecule has 150 valence electrons. The van der Waals surface area contributed by atoms with Gasteiger partial charge in [0.2, 0.25) is 0 Å². The van der Waals surface area contributed by atoms with Crippen LogP contribution < -0.4 is 0 Å². The summed E-state index contributed by atoms with van der Waals surface area (Å²) in [6.07, 6.45) is 4.24. The van der Waals surface area contributed by atoms with E-state index in [1.165, 1.54) is 5.56 Å². The van der Waals surface area contributed by atoms with Crippen molar-refractivity contribution in [3.8, 4) is 11.3 Å². The van der Waals surface area contributed by atoms with Crippen LogP contribution in [0.15, 0.2) is 48.5 Å². The zero-order chi connectivity index (χ0) is 20.4. The van der Waals surface area contributed by atoms with E-state index < -0.39 is 0 Å². The number of aryl methyl sites for hydroxylation is 1. The van der Waals surface area contributed by atoms with Crippen molar-refractivity contribution in [2.24, 2.45) is 0 Å². The maximum Gasteiger partial charge on any atom is 0.273 e. The zero-order valence-electron chi connectivity index (χ0n) is 16.9. The lowest BCUT2D eigenvalue weighted by atomic mass is 9.95. The zero-order valence-corrected chi connectivity index (χ0v) is 17.7. The lowest BCUT2D eigenvalue weighted by molar-refractivity contribution is 0.0740. The normalized spacial score (nSPS) is 15.8.